The molecule has 12 nitrogen and oxygen atoms in total. The Hall–Kier alpha value is -3.16. The van der Waals surface area contributed by atoms with Gasteiger partial charge in [0.2, 0.25) is 0 Å². The molecular formula is C20H28N4O8S. The standard InChI is InChI=1S/C20H28N4O8S/c1-5-32-9-6-15(25)24(21-19(27)28)12-14-13(2)16-17(26)22(7-10-30-3)20(29)23(8-11-31-4)18(16)33-14/h6,9,21H,5,7-8,10-12H2,1-4H3,(H,27,28)/b9-6+. The lowest BCUT2D eigenvalue weighted by atomic mass is 10.2. The minimum absolute atomic E-state index is 0.0785. The minimum atomic E-state index is -1.43. The fraction of sp³-hybridized carbons (Fsp3) is 0.500. The van der Waals surface area contributed by atoms with Gasteiger partial charge in [0.1, 0.15) is 4.83 Å². The van der Waals surface area contributed by atoms with Crippen molar-refractivity contribution in [1.29, 1.82) is 0 Å². The second-order valence-corrected chi connectivity index (χ2v) is 7.89. The quantitative estimate of drug-likeness (QED) is 0.272. The van der Waals surface area contributed by atoms with Gasteiger partial charge in [-0.3, -0.25) is 18.7 Å². The van der Waals surface area contributed by atoms with Crippen molar-refractivity contribution >= 4 is 33.6 Å². The van der Waals surface area contributed by atoms with Crippen LogP contribution < -0.4 is 16.7 Å². The van der Waals surface area contributed by atoms with Crippen molar-refractivity contribution in [3.05, 3.63) is 43.6 Å². The molecule has 0 atom stereocenters. The van der Waals surface area contributed by atoms with Gasteiger partial charge in [-0.25, -0.2) is 20.0 Å². The number of aromatic nitrogens is 2. The summed E-state index contributed by atoms with van der Waals surface area (Å²) >= 11 is 1.14. The number of amides is 2. The third-order valence-corrected chi connectivity index (χ3v) is 6.00. The zero-order chi connectivity index (χ0) is 24.5. The van der Waals surface area contributed by atoms with Crippen LogP contribution in [0.4, 0.5) is 4.79 Å². The van der Waals surface area contributed by atoms with Gasteiger partial charge in [0.05, 0.1) is 51.1 Å². The molecule has 0 spiro atoms. The molecular weight excluding hydrogens is 456 g/mol. The largest absolute Gasteiger partial charge is 0.501 e. The van der Waals surface area contributed by atoms with E-state index in [9.17, 15) is 19.2 Å². The lowest BCUT2D eigenvalue weighted by Gasteiger charge is -2.19. The molecule has 0 saturated heterocycles. The fourth-order valence-corrected chi connectivity index (χ4v) is 4.38. The third-order valence-electron chi connectivity index (χ3n) is 4.70. The molecule has 182 valence electrons. The van der Waals surface area contributed by atoms with E-state index in [1.807, 2.05) is 0 Å². The summed E-state index contributed by atoms with van der Waals surface area (Å²) in [6.45, 7) is 4.35. The van der Waals surface area contributed by atoms with Gasteiger partial charge in [-0.2, -0.15) is 0 Å². The van der Waals surface area contributed by atoms with Crippen LogP contribution in [-0.4, -0.2) is 65.3 Å². The number of carboxylic acid groups (broad SMARTS) is 1. The number of rotatable bonds is 11. The summed E-state index contributed by atoms with van der Waals surface area (Å²) in [7, 11) is 2.98. The van der Waals surface area contributed by atoms with E-state index >= 15 is 0 Å². The molecule has 2 amide bonds. The Morgan fingerprint density at radius 1 is 1.15 bits per heavy atom. The number of ether oxygens (including phenoxy) is 3. The highest BCUT2D eigenvalue weighted by Crippen LogP contribution is 2.29. The highest BCUT2D eigenvalue weighted by atomic mass is 32.1. The van der Waals surface area contributed by atoms with E-state index in [0.29, 0.717) is 27.3 Å². The van der Waals surface area contributed by atoms with E-state index in [0.717, 1.165) is 27.0 Å². The first kappa shape index (κ1) is 26.1. The number of carbonyl (C=O) groups excluding carboxylic acids is 1. The van der Waals surface area contributed by atoms with Crippen molar-refractivity contribution < 1.29 is 28.9 Å². The van der Waals surface area contributed by atoms with E-state index in [1.165, 1.54) is 25.0 Å². The van der Waals surface area contributed by atoms with Crippen LogP contribution in [0.5, 0.6) is 0 Å². The van der Waals surface area contributed by atoms with Crippen LogP contribution >= 0.6 is 11.3 Å². The summed E-state index contributed by atoms with van der Waals surface area (Å²) in [6, 6.07) is 0. The average molecular weight is 485 g/mol. The highest BCUT2D eigenvalue weighted by Gasteiger charge is 2.23. The summed E-state index contributed by atoms with van der Waals surface area (Å²) in [5.74, 6) is -0.656. The molecule has 0 saturated carbocycles. The van der Waals surface area contributed by atoms with Crippen molar-refractivity contribution in [2.24, 2.45) is 0 Å². The zero-order valence-corrected chi connectivity index (χ0v) is 19.8. The summed E-state index contributed by atoms with van der Waals surface area (Å²) in [5, 5.41) is 10.4. The molecule has 2 N–H and O–H groups in total. The number of hydrazine groups is 1. The highest BCUT2D eigenvalue weighted by molar-refractivity contribution is 7.18. The normalized spacial score (nSPS) is 11.3. The first-order chi connectivity index (χ1) is 15.8. The van der Waals surface area contributed by atoms with Gasteiger partial charge in [0.15, 0.2) is 0 Å². The molecule has 0 unspecified atom stereocenters. The first-order valence-electron chi connectivity index (χ1n) is 10.1. The van der Waals surface area contributed by atoms with Crippen molar-refractivity contribution in [3.63, 3.8) is 0 Å². The SMILES string of the molecule is CCO/C=C/C(=O)N(Cc1sc2c(c1C)c(=O)n(CCOC)c(=O)n2CCOC)NC(=O)O. The molecule has 0 aliphatic carbocycles. The van der Waals surface area contributed by atoms with E-state index in [1.54, 1.807) is 13.8 Å². The number of methoxy groups -OCH3 is 2. The van der Waals surface area contributed by atoms with Crippen molar-refractivity contribution in [2.45, 2.75) is 33.5 Å². The van der Waals surface area contributed by atoms with Gasteiger partial charge >= 0.3 is 11.8 Å². The van der Waals surface area contributed by atoms with Crippen LogP contribution in [0.3, 0.4) is 0 Å². The minimum Gasteiger partial charge on any atom is -0.501 e. The second-order valence-electron chi connectivity index (χ2n) is 6.81. The van der Waals surface area contributed by atoms with Crippen LogP contribution in [0.15, 0.2) is 21.9 Å². The van der Waals surface area contributed by atoms with Crippen LogP contribution in [-0.2, 0) is 38.6 Å². The monoisotopic (exact) mass is 484 g/mol. The molecule has 0 aliphatic rings. The Morgan fingerprint density at radius 3 is 2.36 bits per heavy atom. The van der Waals surface area contributed by atoms with E-state index in [-0.39, 0.29) is 32.8 Å². The van der Waals surface area contributed by atoms with Crippen LogP contribution in [0.2, 0.25) is 0 Å². The molecule has 2 heterocycles. The Morgan fingerprint density at radius 2 is 1.79 bits per heavy atom. The maximum atomic E-state index is 13.1. The summed E-state index contributed by atoms with van der Waals surface area (Å²) < 4.78 is 17.7. The smallest absolute Gasteiger partial charge is 0.423 e. The summed E-state index contributed by atoms with van der Waals surface area (Å²) in [6.07, 6.45) is 0.841. The molecule has 0 fully saturated rings. The van der Waals surface area contributed by atoms with E-state index in [2.05, 4.69) is 5.43 Å². The lowest BCUT2D eigenvalue weighted by Crippen LogP contribution is -2.44. The van der Waals surface area contributed by atoms with Crippen LogP contribution in [0.1, 0.15) is 17.4 Å². The molecule has 0 aromatic carbocycles. The fourth-order valence-electron chi connectivity index (χ4n) is 3.07. The molecule has 13 heteroatoms. The van der Waals surface area contributed by atoms with Gasteiger partial charge in [0, 0.05) is 25.2 Å². The van der Waals surface area contributed by atoms with Crippen LogP contribution in [0.25, 0.3) is 10.2 Å². The predicted octanol–water partition coefficient (Wildman–Crippen LogP) is 0.887. The number of hydrogen-bond acceptors (Lipinski definition) is 8. The Bertz CT molecular complexity index is 1130. The van der Waals surface area contributed by atoms with Gasteiger partial charge < -0.3 is 19.3 Å². The number of thiophene rings is 1. The van der Waals surface area contributed by atoms with Gasteiger partial charge in [-0.05, 0) is 19.4 Å². The Labute approximate surface area is 193 Å². The first-order valence-corrected chi connectivity index (χ1v) is 10.9. The number of hydrogen-bond donors (Lipinski definition) is 2. The average Bonchev–Trinajstić information content (AvgIpc) is 3.09. The molecule has 2 rings (SSSR count). The molecule has 33 heavy (non-hydrogen) atoms. The molecule has 0 radical (unpaired) electrons. The number of nitrogens with one attached hydrogen (secondary N) is 1. The predicted molar refractivity (Wildman–Crippen MR) is 121 cm³/mol. The van der Waals surface area contributed by atoms with E-state index < -0.39 is 23.2 Å². The van der Waals surface area contributed by atoms with Gasteiger partial charge in [-0.1, -0.05) is 0 Å². The van der Waals surface area contributed by atoms with Crippen molar-refractivity contribution in [3.8, 4) is 0 Å². The maximum absolute atomic E-state index is 13.1. The molecule has 2 aromatic heterocycles. The maximum Gasteiger partial charge on any atom is 0.423 e. The van der Waals surface area contributed by atoms with Gasteiger partial charge in [0.25, 0.3) is 11.5 Å². The van der Waals surface area contributed by atoms with Crippen molar-refractivity contribution in [1.82, 2.24) is 19.6 Å². The summed E-state index contributed by atoms with van der Waals surface area (Å²) in [5.41, 5.74) is 1.64. The number of fused-ring (bicyclic) bond motifs is 1. The summed E-state index contributed by atoms with van der Waals surface area (Å²) in [4.78, 5) is 50.8. The Balaban J connectivity index is 2.60. The topological polar surface area (TPSA) is 141 Å². The van der Waals surface area contributed by atoms with Crippen molar-refractivity contribution in [2.75, 3.05) is 34.0 Å². The third kappa shape index (κ3) is 6.21. The molecule has 0 aliphatic heterocycles. The number of nitrogens with zero attached hydrogens (tertiary/aromatic N) is 3. The molecule has 0 bridgehead atoms. The van der Waals surface area contributed by atoms with Crippen LogP contribution in [0, 0.1) is 6.92 Å². The molecule has 2 aromatic rings. The van der Waals surface area contributed by atoms with Gasteiger partial charge in [-0.15, -0.1) is 11.3 Å². The lowest BCUT2D eigenvalue weighted by molar-refractivity contribution is -0.129. The zero-order valence-electron chi connectivity index (χ0n) is 19.0. The number of carbonyl (C=O) groups is 2. The number of aryl methyl sites for hydroxylation is 1. The Kier molecular flexibility index (Phi) is 9.63. The second kappa shape index (κ2) is 12.2. The van der Waals surface area contributed by atoms with E-state index in [4.69, 9.17) is 19.3 Å².